The molecule has 4 nitrogen and oxygen atoms in total. The lowest BCUT2D eigenvalue weighted by molar-refractivity contribution is -0.284. The Morgan fingerprint density at radius 1 is 1.21 bits per heavy atom. The number of carbonyl (C=O) groups is 1. The van der Waals surface area contributed by atoms with E-state index < -0.39 is 5.79 Å². The molecular formula is C23H35NO3S. The van der Waals surface area contributed by atoms with Crippen LogP contribution in [0.4, 0.5) is 0 Å². The molecule has 28 heavy (non-hydrogen) atoms. The third-order valence-electron chi connectivity index (χ3n) is 4.80. The Morgan fingerprint density at radius 2 is 1.93 bits per heavy atom. The van der Waals surface area contributed by atoms with Gasteiger partial charge in [-0.15, -0.1) is 11.3 Å². The highest BCUT2D eigenvalue weighted by atomic mass is 32.1. The molecule has 1 aliphatic rings. The first-order valence-corrected chi connectivity index (χ1v) is 11.4. The molecular weight excluding hydrogens is 370 g/mol. The van der Waals surface area contributed by atoms with Crippen molar-refractivity contribution in [3.8, 4) is 11.8 Å². The van der Waals surface area contributed by atoms with E-state index in [1.54, 1.807) is 11.3 Å². The van der Waals surface area contributed by atoms with E-state index in [4.69, 9.17) is 9.47 Å². The third-order valence-corrected chi connectivity index (χ3v) is 5.86. The minimum Gasteiger partial charge on any atom is -0.348 e. The van der Waals surface area contributed by atoms with Crippen LogP contribution >= 0.6 is 11.3 Å². The van der Waals surface area contributed by atoms with Gasteiger partial charge in [0.05, 0.1) is 17.5 Å². The summed E-state index contributed by atoms with van der Waals surface area (Å²) in [5.41, 5.74) is 0. The molecule has 0 aromatic carbocycles. The fraction of sp³-hybridized carbons (Fsp3) is 0.696. The summed E-state index contributed by atoms with van der Waals surface area (Å²) in [4.78, 5) is 13.6. The van der Waals surface area contributed by atoms with Crippen LogP contribution in [0, 0.1) is 11.8 Å². The first kappa shape index (κ1) is 22.9. The van der Waals surface area contributed by atoms with Crippen LogP contribution in [0.15, 0.2) is 12.1 Å². The average molecular weight is 406 g/mol. The first-order valence-electron chi connectivity index (χ1n) is 10.6. The fourth-order valence-electron chi connectivity index (χ4n) is 3.33. The van der Waals surface area contributed by atoms with Crippen molar-refractivity contribution in [1.29, 1.82) is 0 Å². The molecule has 5 heteroatoms. The largest absolute Gasteiger partial charge is 0.348 e. The molecule has 1 aliphatic heterocycles. The molecule has 1 aromatic heterocycles. The maximum absolute atomic E-state index is 11.5. The van der Waals surface area contributed by atoms with Gasteiger partial charge < -0.3 is 14.8 Å². The zero-order valence-electron chi connectivity index (χ0n) is 17.8. The van der Waals surface area contributed by atoms with Crippen LogP contribution in [-0.2, 0) is 14.3 Å². The molecule has 0 bridgehead atoms. The van der Waals surface area contributed by atoms with Gasteiger partial charge in [-0.2, -0.15) is 0 Å². The second kappa shape index (κ2) is 11.6. The molecule has 1 aromatic rings. The van der Waals surface area contributed by atoms with E-state index in [1.165, 1.54) is 51.9 Å². The van der Waals surface area contributed by atoms with Crippen molar-refractivity contribution >= 4 is 17.2 Å². The summed E-state index contributed by atoms with van der Waals surface area (Å²) in [6.07, 6.45) is 9.90. The van der Waals surface area contributed by atoms with E-state index in [9.17, 15) is 4.79 Å². The summed E-state index contributed by atoms with van der Waals surface area (Å²) in [5.74, 6) is 5.86. The molecule has 0 radical (unpaired) electrons. The van der Waals surface area contributed by atoms with Crippen molar-refractivity contribution < 1.29 is 14.3 Å². The van der Waals surface area contributed by atoms with Gasteiger partial charge in [0.25, 0.3) is 0 Å². The number of unbranched alkanes of at least 4 members (excludes halogenated alkanes) is 7. The van der Waals surface area contributed by atoms with E-state index in [-0.39, 0.29) is 18.1 Å². The van der Waals surface area contributed by atoms with Gasteiger partial charge in [-0.1, -0.05) is 57.3 Å². The summed E-state index contributed by atoms with van der Waals surface area (Å²) >= 11 is 1.64. The van der Waals surface area contributed by atoms with Crippen molar-refractivity contribution in [1.82, 2.24) is 5.32 Å². The number of amides is 1. The SMILES string of the molecule is CCCCCCCCCC#Cc1ccc([C@H]2OC(C)(C)OC[C@@H]2NC(C)=O)s1. The monoisotopic (exact) mass is 405 g/mol. The second-order valence-electron chi connectivity index (χ2n) is 7.93. The Bertz CT molecular complexity index is 671. The molecule has 0 spiro atoms. The molecule has 1 amide bonds. The Morgan fingerprint density at radius 3 is 2.64 bits per heavy atom. The highest BCUT2D eigenvalue weighted by molar-refractivity contribution is 7.12. The van der Waals surface area contributed by atoms with Crippen LogP contribution in [0.25, 0.3) is 0 Å². The summed E-state index contributed by atoms with van der Waals surface area (Å²) < 4.78 is 11.8. The quantitative estimate of drug-likeness (QED) is 0.432. The summed E-state index contributed by atoms with van der Waals surface area (Å²) in [6, 6.07) is 3.93. The van der Waals surface area contributed by atoms with Gasteiger partial charge in [0.2, 0.25) is 5.91 Å². The summed E-state index contributed by atoms with van der Waals surface area (Å²) in [5, 5.41) is 2.94. The van der Waals surface area contributed by atoms with Gasteiger partial charge in [0.1, 0.15) is 6.10 Å². The van der Waals surface area contributed by atoms with Gasteiger partial charge in [0, 0.05) is 18.2 Å². The number of thiophene rings is 1. The zero-order valence-corrected chi connectivity index (χ0v) is 18.6. The van der Waals surface area contributed by atoms with Crippen LogP contribution in [0.1, 0.15) is 94.9 Å². The molecule has 1 N–H and O–H groups in total. The molecule has 2 heterocycles. The Hall–Kier alpha value is -1.35. The standard InChI is InChI=1S/C23H35NO3S/c1-5-6-7-8-9-10-11-12-13-14-19-15-16-21(28-19)22-20(24-18(2)25)17-26-23(3,4)27-22/h15-16,20,22H,5-12,17H2,1-4H3,(H,24,25)/t20-,22-/m0/s1. The van der Waals surface area contributed by atoms with Crippen molar-refractivity contribution in [3.63, 3.8) is 0 Å². The topological polar surface area (TPSA) is 47.6 Å². The highest BCUT2D eigenvalue weighted by Gasteiger charge is 2.38. The maximum atomic E-state index is 11.5. The second-order valence-corrected chi connectivity index (χ2v) is 9.05. The minimum atomic E-state index is -0.660. The number of nitrogens with one attached hydrogen (secondary N) is 1. The van der Waals surface area contributed by atoms with E-state index in [1.807, 2.05) is 19.9 Å². The van der Waals surface area contributed by atoms with E-state index >= 15 is 0 Å². The van der Waals surface area contributed by atoms with Gasteiger partial charge in [-0.3, -0.25) is 4.79 Å². The Balaban J connectivity index is 1.85. The Labute approximate surface area is 174 Å². The summed E-state index contributed by atoms with van der Waals surface area (Å²) in [6.45, 7) is 8.02. The van der Waals surface area contributed by atoms with Crippen molar-refractivity contribution in [3.05, 3.63) is 21.9 Å². The smallest absolute Gasteiger partial charge is 0.217 e. The van der Waals surface area contributed by atoms with Gasteiger partial charge >= 0.3 is 0 Å². The van der Waals surface area contributed by atoms with Crippen LogP contribution < -0.4 is 5.32 Å². The van der Waals surface area contributed by atoms with Crippen LogP contribution in [0.3, 0.4) is 0 Å². The van der Waals surface area contributed by atoms with E-state index in [0.29, 0.717) is 6.61 Å². The van der Waals surface area contributed by atoms with Gasteiger partial charge in [-0.25, -0.2) is 0 Å². The lowest BCUT2D eigenvalue weighted by atomic mass is 10.1. The van der Waals surface area contributed by atoms with E-state index in [0.717, 1.165) is 16.2 Å². The highest BCUT2D eigenvalue weighted by Crippen LogP contribution is 2.36. The molecule has 2 rings (SSSR count). The van der Waals surface area contributed by atoms with Gasteiger partial charge in [-0.05, 0) is 32.4 Å². The normalized spacial score (nSPS) is 21.0. The molecule has 1 saturated heterocycles. The minimum absolute atomic E-state index is 0.0758. The number of ether oxygens (including phenoxy) is 2. The predicted octanol–water partition coefficient (Wildman–Crippen LogP) is 5.57. The molecule has 0 aliphatic carbocycles. The predicted molar refractivity (Wildman–Crippen MR) is 115 cm³/mol. The maximum Gasteiger partial charge on any atom is 0.217 e. The molecule has 2 atom stereocenters. The van der Waals surface area contributed by atoms with Crippen molar-refractivity contribution in [2.45, 2.75) is 97.0 Å². The number of rotatable bonds is 9. The van der Waals surface area contributed by atoms with Crippen molar-refractivity contribution in [2.24, 2.45) is 0 Å². The number of carbonyl (C=O) groups excluding carboxylic acids is 1. The Kier molecular flexibility index (Phi) is 9.50. The van der Waals surface area contributed by atoms with Crippen LogP contribution in [0.5, 0.6) is 0 Å². The van der Waals surface area contributed by atoms with E-state index in [2.05, 4.69) is 30.1 Å². The average Bonchev–Trinajstić information content (AvgIpc) is 3.10. The summed E-state index contributed by atoms with van der Waals surface area (Å²) in [7, 11) is 0. The lowest BCUT2D eigenvalue weighted by Gasteiger charge is -2.40. The number of hydrogen-bond acceptors (Lipinski definition) is 4. The molecule has 1 fully saturated rings. The third kappa shape index (κ3) is 7.95. The molecule has 0 saturated carbocycles. The fourth-order valence-corrected chi connectivity index (χ4v) is 4.31. The van der Waals surface area contributed by atoms with Crippen molar-refractivity contribution in [2.75, 3.05) is 6.61 Å². The lowest BCUT2D eigenvalue weighted by Crippen LogP contribution is -2.51. The number of hydrogen-bond donors (Lipinski definition) is 1. The molecule has 0 unspecified atom stereocenters. The van der Waals surface area contributed by atoms with Gasteiger partial charge in [0.15, 0.2) is 5.79 Å². The van der Waals surface area contributed by atoms with Crippen LogP contribution in [0.2, 0.25) is 0 Å². The molecule has 156 valence electrons. The van der Waals surface area contributed by atoms with Crippen LogP contribution in [-0.4, -0.2) is 24.3 Å². The zero-order chi connectivity index (χ0) is 20.4. The first-order chi connectivity index (χ1) is 13.4.